The van der Waals surface area contributed by atoms with Crippen LogP contribution in [0.2, 0.25) is 0 Å². The highest BCUT2D eigenvalue weighted by molar-refractivity contribution is 7.99. The summed E-state index contributed by atoms with van der Waals surface area (Å²) in [6, 6.07) is 6.21. The molecule has 0 saturated carbocycles. The zero-order valence-electron chi connectivity index (χ0n) is 9.32. The number of nitrogens with one attached hydrogen (secondary N) is 1. The van der Waals surface area contributed by atoms with Crippen molar-refractivity contribution in [2.24, 2.45) is 5.73 Å². The third-order valence-corrected chi connectivity index (χ3v) is 3.17. The normalized spacial score (nSPS) is 10.7. The fourth-order valence-corrected chi connectivity index (χ4v) is 2.29. The van der Waals surface area contributed by atoms with E-state index in [0.29, 0.717) is 6.54 Å². The lowest BCUT2D eigenvalue weighted by Gasteiger charge is -2.04. The Bertz CT molecular complexity index is 492. The van der Waals surface area contributed by atoms with Gasteiger partial charge in [-0.15, -0.1) is 5.10 Å². The number of nitrogens with two attached hydrogens (primary N) is 1. The van der Waals surface area contributed by atoms with Crippen molar-refractivity contribution >= 4 is 11.8 Å². The topological polar surface area (TPSA) is 67.6 Å². The lowest BCUT2D eigenvalue weighted by Crippen LogP contribution is -1.98. The van der Waals surface area contributed by atoms with Crippen molar-refractivity contribution in [3.63, 3.8) is 0 Å². The van der Waals surface area contributed by atoms with E-state index in [4.69, 9.17) is 5.73 Å². The van der Waals surface area contributed by atoms with Gasteiger partial charge in [0, 0.05) is 11.4 Å². The first-order valence-electron chi connectivity index (χ1n) is 5.05. The van der Waals surface area contributed by atoms with Crippen LogP contribution in [0.1, 0.15) is 17.0 Å². The molecule has 4 nitrogen and oxygen atoms in total. The molecule has 5 heteroatoms. The molecule has 0 amide bonds. The van der Waals surface area contributed by atoms with E-state index >= 15 is 0 Å². The SMILES string of the molecule is Cc1nc(Sc2ccc(CN)c(C)c2)n[nH]1. The summed E-state index contributed by atoms with van der Waals surface area (Å²) < 4.78 is 0. The molecule has 1 aromatic heterocycles. The van der Waals surface area contributed by atoms with Gasteiger partial charge in [0.05, 0.1) is 0 Å². The standard InChI is InChI=1S/C11H14N4S/c1-7-5-10(4-3-9(7)6-12)16-11-13-8(2)14-15-11/h3-5H,6,12H2,1-2H3,(H,13,14,15). The maximum Gasteiger partial charge on any atom is 0.213 e. The van der Waals surface area contributed by atoms with Gasteiger partial charge in [-0.3, -0.25) is 5.10 Å². The molecule has 0 aliphatic heterocycles. The van der Waals surface area contributed by atoms with Crippen molar-refractivity contribution < 1.29 is 0 Å². The first-order valence-corrected chi connectivity index (χ1v) is 5.87. The van der Waals surface area contributed by atoms with E-state index in [1.165, 1.54) is 11.1 Å². The van der Waals surface area contributed by atoms with E-state index in [0.717, 1.165) is 15.9 Å². The monoisotopic (exact) mass is 234 g/mol. The minimum absolute atomic E-state index is 0.580. The Balaban J connectivity index is 2.19. The van der Waals surface area contributed by atoms with Gasteiger partial charge < -0.3 is 5.73 Å². The van der Waals surface area contributed by atoms with Gasteiger partial charge in [-0.2, -0.15) is 0 Å². The molecule has 0 spiro atoms. The van der Waals surface area contributed by atoms with Gasteiger partial charge in [0.2, 0.25) is 5.16 Å². The summed E-state index contributed by atoms with van der Waals surface area (Å²) in [6.07, 6.45) is 0. The van der Waals surface area contributed by atoms with E-state index in [1.54, 1.807) is 11.8 Å². The molecule has 0 aliphatic carbocycles. The van der Waals surface area contributed by atoms with E-state index < -0.39 is 0 Å². The van der Waals surface area contributed by atoms with Crippen molar-refractivity contribution in [3.8, 4) is 0 Å². The van der Waals surface area contributed by atoms with Gasteiger partial charge in [0.25, 0.3) is 0 Å². The van der Waals surface area contributed by atoms with Crippen LogP contribution in [0.5, 0.6) is 0 Å². The molecule has 3 N–H and O–H groups in total. The number of H-pyrrole nitrogens is 1. The van der Waals surface area contributed by atoms with E-state index in [2.05, 4.69) is 34.2 Å². The molecule has 0 fully saturated rings. The predicted molar refractivity (Wildman–Crippen MR) is 64.3 cm³/mol. The number of nitrogens with zero attached hydrogens (tertiary/aromatic N) is 2. The second-order valence-corrected chi connectivity index (χ2v) is 4.64. The Morgan fingerprint density at radius 3 is 2.75 bits per heavy atom. The number of benzene rings is 1. The Morgan fingerprint density at radius 2 is 2.19 bits per heavy atom. The zero-order chi connectivity index (χ0) is 11.5. The van der Waals surface area contributed by atoms with Gasteiger partial charge in [-0.05, 0) is 48.9 Å². The number of hydrogen-bond donors (Lipinski definition) is 2. The highest BCUT2D eigenvalue weighted by atomic mass is 32.2. The van der Waals surface area contributed by atoms with E-state index in [9.17, 15) is 0 Å². The fourth-order valence-electron chi connectivity index (χ4n) is 1.43. The van der Waals surface area contributed by atoms with E-state index in [-0.39, 0.29) is 0 Å². The van der Waals surface area contributed by atoms with Crippen LogP contribution in [0.3, 0.4) is 0 Å². The molecule has 1 aromatic carbocycles. The molecule has 0 aliphatic rings. The average molecular weight is 234 g/mol. The summed E-state index contributed by atoms with van der Waals surface area (Å²) in [5, 5.41) is 7.66. The largest absolute Gasteiger partial charge is 0.326 e. The number of rotatable bonds is 3. The molecule has 0 atom stereocenters. The zero-order valence-corrected chi connectivity index (χ0v) is 10.1. The summed E-state index contributed by atoms with van der Waals surface area (Å²) in [4.78, 5) is 5.38. The lowest BCUT2D eigenvalue weighted by atomic mass is 10.1. The van der Waals surface area contributed by atoms with Crippen molar-refractivity contribution in [1.29, 1.82) is 0 Å². The average Bonchev–Trinajstić information content (AvgIpc) is 2.64. The van der Waals surface area contributed by atoms with Crippen LogP contribution < -0.4 is 5.73 Å². The summed E-state index contributed by atoms with van der Waals surface area (Å²) >= 11 is 1.55. The molecule has 2 aromatic rings. The van der Waals surface area contributed by atoms with Gasteiger partial charge >= 0.3 is 0 Å². The Morgan fingerprint density at radius 1 is 1.38 bits per heavy atom. The van der Waals surface area contributed by atoms with Crippen LogP contribution in [-0.4, -0.2) is 15.2 Å². The second-order valence-electron chi connectivity index (χ2n) is 3.60. The predicted octanol–water partition coefficient (Wildman–Crippen LogP) is 2.03. The maximum absolute atomic E-state index is 5.62. The number of aromatic amines is 1. The molecule has 0 bridgehead atoms. The quantitative estimate of drug-likeness (QED) is 0.852. The molecular formula is C11H14N4S. The Kier molecular flexibility index (Phi) is 3.26. The van der Waals surface area contributed by atoms with Crippen molar-refractivity contribution in [3.05, 3.63) is 35.2 Å². The first-order chi connectivity index (χ1) is 7.69. The summed E-state index contributed by atoms with van der Waals surface area (Å²) in [7, 11) is 0. The highest BCUT2D eigenvalue weighted by Gasteiger charge is 2.04. The summed E-state index contributed by atoms with van der Waals surface area (Å²) in [5.41, 5.74) is 8.00. The third kappa shape index (κ3) is 2.43. The van der Waals surface area contributed by atoms with E-state index in [1.807, 2.05) is 13.0 Å². The van der Waals surface area contributed by atoms with Crippen LogP contribution in [0.15, 0.2) is 28.3 Å². The van der Waals surface area contributed by atoms with Crippen LogP contribution in [0, 0.1) is 13.8 Å². The van der Waals surface area contributed by atoms with Crippen LogP contribution >= 0.6 is 11.8 Å². The molecular weight excluding hydrogens is 220 g/mol. The molecule has 16 heavy (non-hydrogen) atoms. The second kappa shape index (κ2) is 4.67. The summed E-state index contributed by atoms with van der Waals surface area (Å²) in [6.45, 7) is 4.53. The van der Waals surface area contributed by atoms with Gasteiger partial charge in [-0.25, -0.2) is 4.98 Å². The van der Waals surface area contributed by atoms with Gasteiger partial charge in [0.15, 0.2) is 0 Å². The molecule has 84 valence electrons. The van der Waals surface area contributed by atoms with Crippen molar-refractivity contribution in [2.75, 3.05) is 0 Å². The van der Waals surface area contributed by atoms with Gasteiger partial charge in [-0.1, -0.05) is 6.07 Å². The molecule has 0 radical (unpaired) electrons. The lowest BCUT2D eigenvalue weighted by molar-refractivity contribution is 0.968. The smallest absolute Gasteiger partial charge is 0.213 e. The first kappa shape index (κ1) is 11.2. The Hall–Kier alpha value is -1.33. The maximum atomic E-state index is 5.62. The van der Waals surface area contributed by atoms with Crippen LogP contribution in [0.25, 0.3) is 0 Å². The molecule has 2 rings (SSSR count). The van der Waals surface area contributed by atoms with Gasteiger partial charge in [0.1, 0.15) is 5.82 Å². The summed E-state index contributed by atoms with van der Waals surface area (Å²) in [5.74, 6) is 0.831. The van der Waals surface area contributed by atoms with Crippen LogP contribution in [0.4, 0.5) is 0 Å². The fraction of sp³-hybridized carbons (Fsp3) is 0.273. The molecule has 1 heterocycles. The van der Waals surface area contributed by atoms with Crippen molar-refractivity contribution in [2.45, 2.75) is 30.4 Å². The third-order valence-electron chi connectivity index (χ3n) is 2.32. The minimum Gasteiger partial charge on any atom is -0.326 e. The minimum atomic E-state index is 0.580. The Labute approximate surface area is 98.7 Å². The number of hydrogen-bond acceptors (Lipinski definition) is 4. The highest BCUT2D eigenvalue weighted by Crippen LogP contribution is 2.26. The van der Waals surface area contributed by atoms with Crippen LogP contribution in [-0.2, 0) is 6.54 Å². The molecule has 0 unspecified atom stereocenters. The molecule has 0 saturated heterocycles. The number of aryl methyl sites for hydroxylation is 2. The number of aromatic nitrogens is 3. The van der Waals surface area contributed by atoms with Crippen molar-refractivity contribution in [1.82, 2.24) is 15.2 Å².